The maximum atomic E-state index is 12.8. The van der Waals surface area contributed by atoms with E-state index in [1.807, 2.05) is 0 Å². The zero-order valence-corrected chi connectivity index (χ0v) is 7.53. The smallest absolute Gasteiger partial charge is 0.216 e. The Hall–Kier alpha value is -1.01. The van der Waals surface area contributed by atoms with Gasteiger partial charge in [0.25, 0.3) is 0 Å². The third kappa shape index (κ3) is 1.99. The third-order valence-electron chi connectivity index (χ3n) is 1.44. The molecule has 0 aliphatic rings. The Kier molecular flexibility index (Phi) is 3.12. The minimum Gasteiger partial charge on any atom is -0.228 e. The van der Waals surface area contributed by atoms with Gasteiger partial charge in [0.1, 0.15) is 0 Å². The quantitative estimate of drug-likeness (QED) is 0.366. The molecule has 0 saturated carbocycles. The van der Waals surface area contributed by atoms with Crippen LogP contribution in [0.15, 0.2) is 12.3 Å². The molecule has 1 nitrogen and oxygen atoms in total. The molecule has 0 aromatic carbocycles. The molecule has 0 fully saturated rings. The average Bonchev–Trinajstić information content (AvgIpc) is 2.08. The Morgan fingerprint density at radius 3 is 3.08 bits per heavy atom. The molecule has 0 unspecified atom stereocenters. The lowest BCUT2D eigenvalue weighted by molar-refractivity contribution is 0.574. The van der Waals surface area contributed by atoms with Gasteiger partial charge in [0, 0.05) is 17.3 Å². The van der Waals surface area contributed by atoms with Gasteiger partial charge in [-0.2, -0.15) is 17.0 Å². The Labute approximate surface area is 76.4 Å². The van der Waals surface area contributed by atoms with Crippen molar-refractivity contribution in [3.63, 3.8) is 0 Å². The SMILES string of the molecule is Cc1c(C#CCS)ccnc1F. The van der Waals surface area contributed by atoms with E-state index in [0.29, 0.717) is 16.9 Å². The number of halogens is 1. The van der Waals surface area contributed by atoms with E-state index in [1.54, 1.807) is 13.0 Å². The molecule has 3 heteroatoms. The maximum absolute atomic E-state index is 12.8. The summed E-state index contributed by atoms with van der Waals surface area (Å²) < 4.78 is 12.8. The molecular weight excluding hydrogens is 173 g/mol. The van der Waals surface area contributed by atoms with E-state index in [4.69, 9.17) is 0 Å². The van der Waals surface area contributed by atoms with E-state index in [9.17, 15) is 4.39 Å². The van der Waals surface area contributed by atoms with Crippen molar-refractivity contribution in [1.29, 1.82) is 0 Å². The Morgan fingerprint density at radius 1 is 1.67 bits per heavy atom. The van der Waals surface area contributed by atoms with Crippen molar-refractivity contribution in [2.45, 2.75) is 6.92 Å². The molecule has 0 bridgehead atoms. The summed E-state index contributed by atoms with van der Waals surface area (Å²) in [5.74, 6) is 5.57. The summed E-state index contributed by atoms with van der Waals surface area (Å²) in [6.45, 7) is 1.66. The summed E-state index contributed by atoms with van der Waals surface area (Å²) in [5.41, 5.74) is 1.17. The van der Waals surface area contributed by atoms with Gasteiger partial charge in [-0.05, 0) is 13.0 Å². The minimum atomic E-state index is -0.457. The van der Waals surface area contributed by atoms with E-state index < -0.39 is 5.95 Å². The highest BCUT2D eigenvalue weighted by Gasteiger charge is 2.00. The van der Waals surface area contributed by atoms with Crippen molar-refractivity contribution in [2.24, 2.45) is 0 Å². The van der Waals surface area contributed by atoms with Crippen LogP contribution in [0.3, 0.4) is 0 Å². The predicted octanol–water partition coefficient (Wildman–Crippen LogP) is 1.81. The molecule has 0 spiro atoms. The molecule has 62 valence electrons. The van der Waals surface area contributed by atoms with Gasteiger partial charge in [0.15, 0.2) is 0 Å². The van der Waals surface area contributed by atoms with Crippen molar-refractivity contribution in [2.75, 3.05) is 5.75 Å². The fourth-order valence-corrected chi connectivity index (χ4v) is 0.859. The molecule has 0 atom stereocenters. The molecule has 0 radical (unpaired) electrons. The number of rotatable bonds is 0. The Morgan fingerprint density at radius 2 is 2.42 bits per heavy atom. The zero-order chi connectivity index (χ0) is 8.97. The van der Waals surface area contributed by atoms with Crippen LogP contribution < -0.4 is 0 Å². The van der Waals surface area contributed by atoms with Crippen LogP contribution in [-0.4, -0.2) is 10.7 Å². The van der Waals surface area contributed by atoms with Crippen LogP contribution in [0.4, 0.5) is 4.39 Å². The van der Waals surface area contributed by atoms with E-state index in [2.05, 4.69) is 29.5 Å². The van der Waals surface area contributed by atoms with Crippen molar-refractivity contribution in [1.82, 2.24) is 4.98 Å². The van der Waals surface area contributed by atoms with Gasteiger partial charge in [0.2, 0.25) is 5.95 Å². The van der Waals surface area contributed by atoms with Gasteiger partial charge in [-0.15, -0.1) is 0 Å². The van der Waals surface area contributed by atoms with Gasteiger partial charge in [0.05, 0.1) is 5.75 Å². The van der Waals surface area contributed by atoms with Crippen LogP contribution in [0.2, 0.25) is 0 Å². The number of pyridine rings is 1. The molecule has 12 heavy (non-hydrogen) atoms. The molecule has 1 rings (SSSR count). The first-order valence-corrected chi connectivity index (χ1v) is 4.10. The maximum Gasteiger partial charge on any atom is 0.216 e. The molecule has 0 amide bonds. The van der Waals surface area contributed by atoms with Crippen molar-refractivity contribution >= 4 is 12.6 Å². The van der Waals surface area contributed by atoms with Gasteiger partial charge in [-0.3, -0.25) is 0 Å². The van der Waals surface area contributed by atoms with E-state index in [0.717, 1.165) is 0 Å². The molecule has 1 aromatic heterocycles. The number of hydrogen-bond donors (Lipinski definition) is 1. The lowest BCUT2D eigenvalue weighted by Gasteiger charge is -1.96. The molecule has 0 saturated heterocycles. The number of aromatic nitrogens is 1. The Bertz CT molecular complexity index is 338. The molecular formula is C9H8FNS. The molecule has 0 aliphatic carbocycles. The van der Waals surface area contributed by atoms with Gasteiger partial charge < -0.3 is 0 Å². The van der Waals surface area contributed by atoms with Crippen molar-refractivity contribution in [3.8, 4) is 11.8 Å². The largest absolute Gasteiger partial charge is 0.228 e. The van der Waals surface area contributed by atoms with Gasteiger partial charge in [-0.25, -0.2) is 4.98 Å². The monoisotopic (exact) mass is 181 g/mol. The summed E-state index contributed by atoms with van der Waals surface area (Å²) in [7, 11) is 0. The fourth-order valence-electron chi connectivity index (χ4n) is 0.780. The van der Waals surface area contributed by atoms with Crippen LogP contribution in [0, 0.1) is 24.7 Å². The fraction of sp³-hybridized carbons (Fsp3) is 0.222. The lowest BCUT2D eigenvalue weighted by Crippen LogP contribution is -1.90. The second-order valence-electron chi connectivity index (χ2n) is 2.23. The van der Waals surface area contributed by atoms with Crippen molar-refractivity contribution in [3.05, 3.63) is 29.3 Å². The van der Waals surface area contributed by atoms with E-state index in [-0.39, 0.29) is 0 Å². The summed E-state index contributed by atoms with van der Waals surface area (Å²) in [5, 5.41) is 0. The topological polar surface area (TPSA) is 12.9 Å². The summed E-state index contributed by atoms with van der Waals surface area (Å²) >= 11 is 3.93. The minimum absolute atomic E-state index is 0.457. The first-order chi connectivity index (χ1) is 5.75. The first kappa shape index (κ1) is 9.08. The highest BCUT2D eigenvalue weighted by atomic mass is 32.1. The molecule has 0 N–H and O–H groups in total. The number of hydrogen-bond acceptors (Lipinski definition) is 2. The van der Waals surface area contributed by atoms with E-state index in [1.165, 1.54) is 6.20 Å². The number of nitrogens with zero attached hydrogens (tertiary/aromatic N) is 1. The zero-order valence-electron chi connectivity index (χ0n) is 6.63. The standard InChI is InChI=1S/C9H8FNS/c1-7-8(3-2-6-12)4-5-11-9(7)10/h4-5,12H,6H2,1H3. The number of thiol groups is 1. The summed E-state index contributed by atoms with van der Waals surface area (Å²) in [4.78, 5) is 3.49. The average molecular weight is 181 g/mol. The molecule has 1 heterocycles. The van der Waals surface area contributed by atoms with Crippen LogP contribution in [0.1, 0.15) is 11.1 Å². The highest BCUT2D eigenvalue weighted by molar-refractivity contribution is 7.80. The predicted molar refractivity (Wildman–Crippen MR) is 49.7 cm³/mol. The normalized spacial score (nSPS) is 8.92. The summed E-state index contributed by atoms with van der Waals surface area (Å²) in [6, 6.07) is 1.69. The lowest BCUT2D eigenvalue weighted by atomic mass is 10.1. The van der Waals surface area contributed by atoms with Gasteiger partial charge in [-0.1, -0.05) is 11.8 Å². The van der Waals surface area contributed by atoms with E-state index >= 15 is 0 Å². The highest BCUT2D eigenvalue weighted by Crippen LogP contribution is 2.07. The molecule has 1 aromatic rings. The van der Waals surface area contributed by atoms with Crippen LogP contribution in [0.25, 0.3) is 0 Å². The molecule has 0 aliphatic heterocycles. The second-order valence-corrected chi connectivity index (χ2v) is 2.55. The third-order valence-corrected chi connectivity index (χ3v) is 1.60. The van der Waals surface area contributed by atoms with Crippen LogP contribution in [0.5, 0.6) is 0 Å². The Balaban J connectivity index is 3.08. The van der Waals surface area contributed by atoms with Crippen LogP contribution in [-0.2, 0) is 0 Å². The van der Waals surface area contributed by atoms with Crippen molar-refractivity contribution < 1.29 is 4.39 Å². The second kappa shape index (κ2) is 4.13. The van der Waals surface area contributed by atoms with Gasteiger partial charge >= 0.3 is 0 Å². The van der Waals surface area contributed by atoms with Crippen LogP contribution >= 0.6 is 12.6 Å². The summed E-state index contributed by atoms with van der Waals surface area (Å²) in [6.07, 6.45) is 1.41. The first-order valence-electron chi connectivity index (χ1n) is 3.46.